The Hall–Kier alpha value is -2.17. The molecule has 0 heterocycles. The van der Waals surface area contributed by atoms with Gasteiger partial charge in [0.15, 0.2) is 6.29 Å². The zero-order valence-corrected chi connectivity index (χ0v) is 11.3. The van der Waals surface area contributed by atoms with Crippen molar-refractivity contribution >= 4 is 5.91 Å². The van der Waals surface area contributed by atoms with E-state index in [1.807, 2.05) is 36.4 Å². The molecule has 0 spiro atoms. The number of hydrogen-bond donors (Lipinski definition) is 1. The van der Waals surface area contributed by atoms with Gasteiger partial charge in [0.25, 0.3) is 0 Å². The van der Waals surface area contributed by atoms with E-state index in [-0.39, 0.29) is 0 Å². The molecule has 2 aromatic carbocycles. The number of carbonyl (C=O) groups is 1. The van der Waals surface area contributed by atoms with Crippen molar-refractivity contribution in [1.82, 2.24) is 0 Å². The number of amides is 1. The summed E-state index contributed by atoms with van der Waals surface area (Å²) in [5.41, 5.74) is 7.44. The number of nitrogens with two attached hydrogens (primary N) is 1. The van der Waals surface area contributed by atoms with Gasteiger partial charge in [-0.3, -0.25) is 4.79 Å². The van der Waals surface area contributed by atoms with Gasteiger partial charge in [0.2, 0.25) is 5.91 Å². The van der Waals surface area contributed by atoms with Gasteiger partial charge < -0.3 is 15.2 Å². The molecule has 20 heavy (non-hydrogen) atoms. The fourth-order valence-electron chi connectivity index (χ4n) is 1.96. The molecular formula is C16H17NO3. The van der Waals surface area contributed by atoms with Crippen LogP contribution in [0.3, 0.4) is 0 Å². The lowest BCUT2D eigenvalue weighted by Gasteiger charge is -2.18. The third kappa shape index (κ3) is 3.44. The first-order valence-corrected chi connectivity index (χ1v) is 6.29. The van der Waals surface area contributed by atoms with E-state index >= 15 is 0 Å². The molecule has 0 bridgehead atoms. The predicted octanol–water partition coefficient (Wildman–Crippen LogP) is 2.65. The Morgan fingerprint density at radius 3 is 2.40 bits per heavy atom. The Balaban J connectivity index is 2.14. The van der Waals surface area contributed by atoms with Crippen LogP contribution in [0.2, 0.25) is 0 Å². The lowest BCUT2D eigenvalue weighted by Crippen LogP contribution is -2.17. The molecule has 2 rings (SSSR count). The summed E-state index contributed by atoms with van der Waals surface area (Å²) in [6.07, 6.45) is -0.626. The molecule has 4 heteroatoms. The maximum absolute atomic E-state index is 11.4. The Labute approximate surface area is 118 Å². The second kappa shape index (κ2) is 6.84. The zero-order valence-electron chi connectivity index (χ0n) is 11.3. The van der Waals surface area contributed by atoms with Crippen LogP contribution in [0.25, 0.3) is 0 Å². The van der Waals surface area contributed by atoms with Crippen LogP contribution in [0.5, 0.6) is 0 Å². The number of benzene rings is 2. The predicted molar refractivity (Wildman–Crippen MR) is 75.9 cm³/mol. The number of methoxy groups -OCH3 is 1. The van der Waals surface area contributed by atoms with Crippen LogP contribution in [0, 0.1) is 0 Å². The SMILES string of the molecule is COC(OCc1ccccc1)c1ccccc1C(N)=O. The first kappa shape index (κ1) is 14.2. The van der Waals surface area contributed by atoms with E-state index in [9.17, 15) is 4.79 Å². The summed E-state index contributed by atoms with van der Waals surface area (Å²) >= 11 is 0. The quantitative estimate of drug-likeness (QED) is 0.821. The normalized spacial score (nSPS) is 12.1. The van der Waals surface area contributed by atoms with Crippen molar-refractivity contribution in [3.05, 3.63) is 71.3 Å². The minimum atomic E-state index is -0.626. The topological polar surface area (TPSA) is 61.6 Å². The molecule has 4 nitrogen and oxygen atoms in total. The minimum Gasteiger partial charge on any atom is -0.366 e. The van der Waals surface area contributed by atoms with Crippen LogP contribution in [0.15, 0.2) is 54.6 Å². The van der Waals surface area contributed by atoms with Crippen molar-refractivity contribution in [2.24, 2.45) is 5.73 Å². The summed E-state index contributed by atoms with van der Waals surface area (Å²) in [6.45, 7) is 0.395. The number of hydrogen-bond acceptors (Lipinski definition) is 3. The highest BCUT2D eigenvalue weighted by Gasteiger charge is 2.17. The first-order valence-electron chi connectivity index (χ1n) is 6.29. The Bertz CT molecular complexity index is 569. The van der Waals surface area contributed by atoms with Crippen molar-refractivity contribution in [3.63, 3.8) is 0 Å². The fourth-order valence-corrected chi connectivity index (χ4v) is 1.96. The van der Waals surface area contributed by atoms with Gasteiger partial charge in [-0.2, -0.15) is 0 Å². The molecular weight excluding hydrogens is 254 g/mol. The van der Waals surface area contributed by atoms with Crippen molar-refractivity contribution in [3.8, 4) is 0 Å². The van der Waals surface area contributed by atoms with E-state index in [0.29, 0.717) is 17.7 Å². The zero-order chi connectivity index (χ0) is 14.4. The molecule has 0 aromatic heterocycles. The monoisotopic (exact) mass is 271 g/mol. The molecule has 0 fully saturated rings. The number of carbonyl (C=O) groups excluding carboxylic acids is 1. The third-order valence-corrected chi connectivity index (χ3v) is 2.94. The summed E-state index contributed by atoms with van der Waals surface area (Å²) < 4.78 is 11.0. The molecule has 0 saturated carbocycles. The molecule has 0 aliphatic rings. The maximum Gasteiger partial charge on any atom is 0.249 e. The van der Waals surface area contributed by atoms with Crippen molar-refractivity contribution in [1.29, 1.82) is 0 Å². The fraction of sp³-hybridized carbons (Fsp3) is 0.188. The van der Waals surface area contributed by atoms with Crippen LogP contribution in [0.1, 0.15) is 27.8 Å². The summed E-state index contributed by atoms with van der Waals surface area (Å²) in [5.74, 6) is -0.494. The van der Waals surface area contributed by atoms with Crippen LogP contribution in [-0.2, 0) is 16.1 Å². The van der Waals surface area contributed by atoms with Gasteiger partial charge in [0.1, 0.15) is 0 Å². The summed E-state index contributed by atoms with van der Waals surface area (Å²) in [6, 6.07) is 16.8. The van der Waals surface area contributed by atoms with Gasteiger partial charge >= 0.3 is 0 Å². The third-order valence-electron chi connectivity index (χ3n) is 2.94. The van der Waals surface area contributed by atoms with E-state index in [1.54, 1.807) is 18.2 Å². The maximum atomic E-state index is 11.4. The molecule has 0 radical (unpaired) electrons. The molecule has 1 atom stereocenters. The van der Waals surface area contributed by atoms with Gasteiger partial charge in [0, 0.05) is 18.2 Å². The van der Waals surface area contributed by atoms with Crippen molar-refractivity contribution < 1.29 is 14.3 Å². The lowest BCUT2D eigenvalue weighted by molar-refractivity contribution is -0.136. The van der Waals surface area contributed by atoms with E-state index in [2.05, 4.69) is 0 Å². The van der Waals surface area contributed by atoms with Crippen LogP contribution < -0.4 is 5.73 Å². The summed E-state index contributed by atoms with van der Waals surface area (Å²) in [7, 11) is 1.54. The van der Waals surface area contributed by atoms with Gasteiger partial charge in [-0.05, 0) is 11.6 Å². The smallest absolute Gasteiger partial charge is 0.249 e. The Morgan fingerprint density at radius 2 is 1.75 bits per heavy atom. The highest BCUT2D eigenvalue weighted by molar-refractivity contribution is 5.94. The molecule has 0 aliphatic heterocycles. The standard InChI is InChI=1S/C16H17NO3/c1-19-16(20-11-12-7-3-2-4-8-12)14-10-6-5-9-13(14)15(17)18/h2-10,16H,11H2,1H3,(H2,17,18). The Kier molecular flexibility index (Phi) is 4.87. The van der Waals surface area contributed by atoms with Crippen LogP contribution in [0.4, 0.5) is 0 Å². The Morgan fingerprint density at radius 1 is 1.10 bits per heavy atom. The molecule has 2 aromatic rings. The molecule has 1 amide bonds. The molecule has 2 N–H and O–H groups in total. The summed E-state index contributed by atoms with van der Waals surface area (Å²) in [5, 5.41) is 0. The first-order chi connectivity index (χ1) is 9.72. The highest BCUT2D eigenvalue weighted by atomic mass is 16.7. The highest BCUT2D eigenvalue weighted by Crippen LogP contribution is 2.23. The minimum absolute atomic E-state index is 0.395. The summed E-state index contributed by atoms with van der Waals surface area (Å²) in [4.78, 5) is 11.4. The average molecular weight is 271 g/mol. The van der Waals surface area contributed by atoms with Crippen molar-refractivity contribution in [2.45, 2.75) is 12.9 Å². The lowest BCUT2D eigenvalue weighted by atomic mass is 10.1. The number of ether oxygens (including phenoxy) is 2. The molecule has 0 aliphatic carbocycles. The van der Waals surface area contributed by atoms with Crippen LogP contribution >= 0.6 is 0 Å². The van der Waals surface area contributed by atoms with E-state index in [0.717, 1.165) is 5.56 Å². The molecule has 104 valence electrons. The van der Waals surface area contributed by atoms with Crippen LogP contribution in [-0.4, -0.2) is 13.0 Å². The number of rotatable bonds is 6. The van der Waals surface area contributed by atoms with E-state index in [4.69, 9.17) is 15.2 Å². The molecule has 0 saturated heterocycles. The second-order valence-corrected chi connectivity index (χ2v) is 4.32. The van der Waals surface area contributed by atoms with E-state index < -0.39 is 12.2 Å². The largest absolute Gasteiger partial charge is 0.366 e. The second-order valence-electron chi connectivity index (χ2n) is 4.32. The average Bonchev–Trinajstić information content (AvgIpc) is 2.49. The molecule has 1 unspecified atom stereocenters. The van der Waals surface area contributed by atoms with Gasteiger partial charge in [-0.1, -0.05) is 48.5 Å². The van der Waals surface area contributed by atoms with Gasteiger partial charge in [-0.25, -0.2) is 0 Å². The number of primary amides is 1. The van der Waals surface area contributed by atoms with Crippen molar-refractivity contribution in [2.75, 3.05) is 7.11 Å². The van der Waals surface area contributed by atoms with Gasteiger partial charge in [-0.15, -0.1) is 0 Å². The van der Waals surface area contributed by atoms with Gasteiger partial charge in [0.05, 0.1) is 6.61 Å². The van der Waals surface area contributed by atoms with E-state index in [1.165, 1.54) is 7.11 Å².